The molecule has 0 heterocycles. The van der Waals surface area contributed by atoms with Crippen molar-refractivity contribution >= 4 is 24.2 Å². The topological polar surface area (TPSA) is 81.9 Å². The van der Waals surface area contributed by atoms with Crippen molar-refractivity contribution in [2.45, 2.75) is 104 Å². The minimum Gasteiger partial charge on any atom is -0.456 e. The van der Waals surface area contributed by atoms with Gasteiger partial charge in [-0.1, -0.05) is 49.6 Å². The monoisotopic (exact) mass is 474 g/mol. The van der Waals surface area contributed by atoms with E-state index in [1.165, 1.54) is 0 Å². The molecule has 1 aliphatic carbocycles. The van der Waals surface area contributed by atoms with Gasteiger partial charge in [-0.05, 0) is 59.9 Å². The quantitative estimate of drug-likeness (QED) is 0.237. The summed E-state index contributed by atoms with van der Waals surface area (Å²) in [6, 6.07) is 9.35. The first-order valence-electron chi connectivity index (χ1n) is 12.0. The van der Waals surface area contributed by atoms with Crippen molar-refractivity contribution in [3.63, 3.8) is 0 Å². The number of amides is 1. The Morgan fingerprint density at radius 3 is 1.97 bits per heavy atom. The van der Waals surface area contributed by atoms with Crippen LogP contribution in [-0.4, -0.2) is 45.6 Å². The number of carbonyl (C=O) groups is 3. The van der Waals surface area contributed by atoms with E-state index >= 15 is 0 Å². The number of esters is 2. The largest absolute Gasteiger partial charge is 0.598 e. The van der Waals surface area contributed by atoms with Gasteiger partial charge in [0.2, 0.25) is 0 Å². The molecule has 0 N–H and O–H groups in total. The lowest BCUT2D eigenvalue weighted by atomic mass is 9.75. The SMILES string of the molecule is CC(C)(C)OC(=O)C=[N+](C(=O)OC(C)(C)C)[C@@](C)(C(=O)OCc1ccccc1)C1CCCCC1. The molecule has 1 aromatic rings. The molecule has 1 saturated carbocycles. The first-order valence-corrected chi connectivity index (χ1v) is 12.0. The summed E-state index contributed by atoms with van der Waals surface area (Å²) in [6.07, 6.45) is 4.66. The van der Waals surface area contributed by atoms with Crippen LogP contribution in [0.15, 0.2) is 30.3 Å². The van der Waals surface area contributed by atoms with Gasteiger partial charge in [0.05, 0.1) is 0 Å². The summed E-state index contributed by atoms with van der Waals surface area (Å²) < 4.78 is 17.9. The van der Waals surface area contributed by atoms with Gasteiger partial charge in [-0.15, -0.1) is 4.58 Å². The van der Waals surface area contributed by atoms with Crippen LogP contribution in [-0.2, 0) is 30.4 Å². The summed E-state index contributed by atoms with van der Waals surface area (Å²) in [5, 5.41) is 0. The van der Waals surface area contributed by atoms with Crippen molar-refractivity contribution in [2.75, 3.05) is 0 Å². The number of ether oxygens (including phenoxy) is 3. The lowest BCUT2D eigenvalue weighted by Crippen LogP contribution is -2.57. The van der Waals surface area contributed by atoms with Gasteiger partial charge >= 0.3 is 18.0 Å². The molecular formula is C27H40NO6+. The molecule has 0 unspecified atom stereocenters. The highest BCUT2D eigenvalue weighted by Gasteiger charge is 2.57. The van der Waals surface area contributed by atoms with Crippen LogP contribution in [0.1, 0.15) is 86.1 Å². The maximum atomic E-state index is 13.7. The van der Waals surface area contributed by atoms with Crippen LogP contribution in [0.4, 0.5) is 4.79 Å². The minimum absolute atomic E-state index is 0.0661. The van der Waals surface area contributed by atoms with Gasteiger partial charge < -0.3 is 14.2 Å². The van der Waals surface area contributed by atoms with Gasteiger partial charge in [0.1, 0.15) is 17.8 Å². The molecule has 1 fully saturated rings. The fraction of sp³-hybridized carbons (Fsp3) is 0.630. The standard InChI is InChI=1S/C27H40NO6/c1-25(2,3)33-22(29)18-28(24(31)34-26(4,5)6)27(7,21-16-12-9-13-17-21)23(30)32-19-20-14-10-8-11-15-20/h8,10-11,14-15,18,21H,9,12-13,16-17,19H2,1-7H3/q+1/t27-/m1/s1. The third kappa shape index (κ3) is 7.96. The van der Waals surface area contributed by atoms with E-state index < -0.39 is 34.8 Å². The van der Waals surface area contributed by atoms with Crippen LogP contribution in [0.3, 0.4) is 0 Å². The van der Waals surface area contributed by atoms with Crippen molar-refractivity contribution in [3.05, 3.63) is 35.9 Å². The predicted octanol–water partition coefficient (Wildman–Crippen LogP) is 5.43. The van der Waals surface area contributed by atoms with Crippen LogP contribution in [0.2, 0.25) is 0 Å². The van der Waals surface area contributed by atoms with Crippen molar-refractivity contribution < 1.29 is 33.2 Å². The molecule has 1 atom stereocenters. The third-order valence-corrected chi connectivity index (χ3v) is 5.76. The molecule has 0 bridgehead atoms. The van der Waals surface area contributed by atoms with Crippen LogP contribution in [0, 0.1) is 5.92 Å². The summed E-state index contributed by atoms with van der Waals surface area (Å²) in [5.41, 5.74) is -2.18. The van der Waals surface area contributed by atoms with Crippen LogP contribution >= 0.6 is 0 Å². The molecule has 7 heteroatoms. The normalized spacial score (nSPS) is 17.4. The molecule has 0 spiro atoms. The molecule has 0 aromatic heterocycles. The molecule has 34 heavy (non-hydrogen) atoms. The number of carbonyl (C=O) groups excluding carboxylic acids is 3. The number of hydrogen-bond donors (Lipinski definition) is 0. The predicted molar refractivity (Wildman–Crippen MR) is 130 cm³/mol. The van der Waals surface area contributed by atoms with Crippen LogP contribution < -0.4 is 0 Å². The molecule has 1 aliphatic rings. The zero-order chi connectivity index (χ0) is 25.6. The lowest BCUT2D eigenvalue weighted by Gasteiger charge is -2.34. The Morgan fingerprint density at radius 1 is 0.882 bits per heavy atom. The highest BCUT2D eigenvalue weighted by atomic mass is 16.6. The van der Waals surface area contributed by atoms with Gasteiger partial charge in [0.25, 0.3) is 11.8 Å². The molecule has 0 saturated heterocycles. The van der Waals surface area contributed by atoms with E-state index in [9.17, 15) is 14.4 Å². The van der Waals surface area contributed by atoms with Gasteiger partial charge in [0.15, 0.2) is 0 Å². The van der Waals surface area contributed by atoms with Crippen molar-refractivity contribution in [2.24, 2.45) is 5.92 Å². The van der Waals surface area contributed by atoms with E-state index in [-0.39, 0.29) is 12.5 Å². The van der Waals surface area contributed by atoms with E-state index in [0.29, 0.717) is 0 Å². The fourth-order valence-electron chi connectivity index (χ4n) is 4.12. The fourth-order valence-corrected chi connectivity index (χ4v) is 4.12. The summed E-state index contributed by atoms with van der Waals surface area (Å²) >= 11 is 0. The average Bonchev–Trinajstić information content (AvgIpc) is 2.74. The Hall–Kier alpha value is -2.70. The summed E-state index contributed by atoms with van der Waals surface area (Å²) in [5.74, 6) is -1.50. The smallest absolute Gasteiger partial charge is 0.456 e. The third-order valence-electron chi connectivity index (χ3n) is 5.76. The van der Waals surface area contributed by atoms with E-state index in [4.69, 9.17) is 14.2 Å². The van der Waals surface area contributed by atoms with Gasteiger partial charge in [-0.3, -0.25) is 0 Å². The molecule has 0 aliphatic heterocycles. The minimum atomic E-state index is -1.44. The van der Waals surface area contributed by atoms with Crippen LogP contribution in [0.5, 0.6) is 0 Å². The molecule has 1 aromatic carbocycles. The Morgan fingerprint density at radius 2 is 1.44 bits per heavy atom. The van der Waals surface area contributed by atoms with Gasteiger partial charge in [-0.25, -0.2) is 9.59 Å². The highest BCUT2D eigenvalue weighted by Crippen LogP contribution is 2.36. The number of benzene rings is 1. The first-order chi connectivity index (χ1) is 15.7. The molecule has 188 valence electrons. The first kappa shape index (κ1) is 27.5. The molecule has 2 rings (SSSR count). The number of hydrogen-bond acceptors (Lipinski definition) is 6. The Labute approximate surface area is 203 Å². The van der Waals surface area contributed by atoms with E-state index in [0.717, 1.165) is 48.5 Å². The molecule has 0 radical (unpaired) electrons. The summed E-state index contributed by atoms with van der Waals surface area (Å²) in [6.45, 7) is 12.2. The summed E-state index contributed by atoms with van der Waals surface area (Å²) in [4.78, 5) is 39.8. The van der Waals surface area contributed by atoms with Crippen molar-refractivity contribution in [1.82, 2.24) is 0 Å². The lowest BCUT2D eigenvalue weighted by molar-refractivity contribution is -0.528. The second kappa shape index (κ2) is 11.2. The summed E-state index contributed by atoms with van der Waals surface area (Å²) in [7, 11) is 0. The molecular weight excluding hydrogens is 434 g/mol. The maximum absolute atomic E-state index is 13.7. The second-order valence-corrected chi connectivity index (χ2v) is 11.1. The Balaban J connectivity index is 2.51. The zero-order valence-corrected chi connectivity index (χ0v) is 21.7. The zero-order valence-electron chi connectivity index (χ0n) is 21.7. The number of rotatable bonds is 6. The number of nitrogens with zero attached hydrogens (tertiary/aromatic N) is 1. The molecule has 7 nitrogen and oxygen atoms in total. The maximum Gasteiger partial charge on any atom is 0.598 e. The second-order valence-electron chi connectivity index (χ2n) is 11.1. The molecule has 1 amide bonds. The Bertz CT molecular complexity index is 888. The van der Waals surface area contributed by atoms with Crippen molar-refractivity contribution in [1.29, 1.82) is 0 Å². The van der Waals surface area contributed by atoms with Crippen LogP contribution in [0.25, 0.3) is 0 Å². The van der Waals surface area contributed by atoms with Gasteiger partial charge in [0, 0.05) is 12.8 Å². The average molecular weight is 475 g/mol. The van der Waals surface area contributed by atoms with Gasteiger partial charge in [-0.2, -0.15) is 4.79 Å². The van der Waals surface area contributed by atoms with E-state index in [1.807, 2.05) is 30.3 Å². The highest BCUT2D eigenvalue weighted by molar-refractivity contribution is 6.22. The van der Waals surface area contributed by atoms with E-state index in [2.05, 4.69) is 0 Å². The van der Waals surface area contributed by atoms with Crippen molar-refractivity contribution in [3.8, 4) is 0 Å². The van der Waals surface area contributed by atoms with E-state index in [1.54, 1.807) is 48.5 Å². The Kier molecular flexibility index (Phi) is 9.03.